The number of carbonyl (C=O) groups excluding carboxylic acids is 1. The fourth-order valence-corrected chi connectivity index (χ4v) is 4.81. The molecule has 0 bridgehead atoms. The Kier molecular flexibility index (Phi) is 4.12. The van der Waals surface area contributed by atoms with Gasteiger partial charge in [-0.3, -0.25) is 9.69 Å². The number of nitrogens with zero attached hydrogens (tertiary/aromatic N) is 2. The van der Waals surface area contributed by atoms with Crippen LogP contribution in [-0.4, -0.2) is 47.4 Å². The molecule has 1 aromatic rings. The first-order valence-corrected chi connectivity index (χ1v) is 9.04. The van der Waals surface area contributed by atoms with Crippen molar-refractivity contribution in [2.45, 2.75) is 44.3 Å². The minimum absolute atomic E-state index is 0.0743. The predicted octanol–water partition coefficient (Wildman–Crippen LogP) is 1.85. The van der Waals surface area contributed by atoms with Crippen LogP contribution in [0.3, 0.4) is 0 Å². The molecule has 2 saturated heterocycles. The quantitative estimate of drug-likeness (QED) is 0.926. The lowest BCUT2D eigenvalue weighted by Crippen LogP contribution is -2.45. The Morgan fingerprint density at radius 1 is 1.13 bits per heavy atom. The van der Waals surface area contributed by atoms with Crippen LogP contribution in [0.2, 0.25) is 0 Å². The molecule has 4 rings (SSSR count). The zero-order valence-electron chi connectivity index (χ0n) is 13.7. The van der Waals surface area contributed by atoms with Crippen LogP contribution >= 0.6 is 0 Å². The summed E-state index contributed by atoms with van der Waals surface area (Å²) >= 11 is 0. The summed E-state index contributed by atoms with van der Waals surface area (Å²) in [6.45, 7) is 3.75. The van der Waals surface area contributed by atoms with Crippen molar-refractivity contribution in [2.24, 2.45) is 17.6 Å². The summed E-state index contributed by atoms with van der Waals surface area (Å²) < 4.78 is 0. The highest BCUT2D eigenvalue weighted by atomic mass is 16.2. The Bertz CT molecular complexity index is 561. The molecule has 3 aliphatic rings. The van der Waals surface area contributed by atoms with Crippen molar-refractivity contribution in [3.05, 3.63) is 35.9 Å². The smallest absolute Gasteiger partial charge is 0.239 e. The van der Waals surface area contributed by atoms with Gasteiger partial charge in [0.2, 0.25) is 5.91 Å². The minimum atomic E-state index is 0.0743. The second-order valence-electron chi connectivity index (χ2n) is 7.52. The maximum absolute atomic E-state index is 13.0. The molecule has 0 spiro atoms. The van der Waals surface area contributed by atoms with Crippen molar-refractivity contribution >= 4 is 5.91 Å². The van der Waals surface area contributed by atoms with E-state index in [4.69, 9.17) is 5.73 Å². The normalized spacial score (nSPS) is 34.0. The number of hydrogen-bond donors (Lipinski definition) is 1. The van der Waals surface area contributed by atoms with Gasteiger partial charge in [-0.15, -0.1) is 0 Å². The van der Waals surface area contributed by atoms with Crippen molar-refractivity contribution in [2.75, 3.05) is 19.6 Å². The van der Waals surface area contributed by atoms with E-state index in [-0.39, 0.29) is 6.04 Å². The van der Waals surface area contributed by atoms with Crippen LogP contribution in [0.1, 0.15) is 31.2 Å². The first-order chi connectivity index (χ1) is 11.2. The monoisotopic (exact) mass is 313 g/mol. The van der Waals surface area contributed by atoms with Gasteiger partial charge in [-0.2, -0.15) is 0 Å². The Labute approximate surface area is 138 Å². The Morgan fingerprint density at radius 3 is 2.74 bits per heavy atom. The molecular weight excluding hydrogens is 286 g/mol. The van der Waals surface area contributed by atoms with E-state index in [2.05, 4.69) is 34.1 Å². The fraction of sp³-hybridized carbons (Fsp3) is 0.632. The van der Waals surface area contributed by atoms with Crippen molar-refractivity contribution in [1.29, 1.82) is 0 Å². The molecule has 1 aliphatic carbocycles. The van der Waals surface area contributed by atoms with Gasteiger partial charge in [-0.1, -0.05) is 30.3 Å². The van der Waals surface area contributed by atoms with Gasteiger partial charge in [-0.05, 0) is 49.6 Å². The van der Waals surface area contributed by atoms with E-state index >= 15 is 0 Å². The molecule has 23 heavy (non-hydrogen) atoms. The van der Waals surface area contributed by atoms with Gasteiger partial charge >= 0.3 is 0 Å². The molecule has 124 valence electrons. The molecular formula is C19H27N3O. The molecule has 4 nitrogen and oxygen atoms in total. The van der Waals surface area contributed by atoms with Crippen molar-refractivity contribution in [1.82, 2.24) is 9.80 Å². The predicted molar refractivity (Wildman–Crippen MR) is 90.6 cm³/mol. The van der Waals surface area contributed by atoms with Crippen LogP contribution in [0.5, 0.6) is 0 Å². The maximum Gasteiger partial charge on any atom is 0.239 e. The SMILES string of the molecule is NC1CCC2CN(C(=O)C3CCCN3Cc3ccccc3)CC12. The van der Waals surface area contributed by atoms with Crippen LogP contribution in [-0.2, 0) is 11.3 Å². The lowest BCUT2D eigenvalue weighted by Gasteiger charge is -2.28. The van der Waals surface area contributed by atoms with Gasteiger partial charge in [0.15, 0.2) is 0 Å². The zero-order valence-corrected chi connectivity index (χ0v) is 13.7. The molecule has 1 saturated carbocycles. The van der Waals surface area contributed by atoms with Crippen molar-refractivity contribution in [3.8, 4) is 0 Å². The standard InChI is InChI=1S/C19H27N3O/c20-17-9-8-15-12-22(13-16(15)17)19(23)18-7-4-10-21(18)11-14-5-2-1-3-6-14/h1-3,5-6,15-18H,4,7-13,20H2. The molecule has 0 aromatic heterocycles. The highest BCUT2D eigenvalue weighted by Gasteiger charge is 2.44. The fourth-order valence-electron chi connectivity index (χ4n) is 4.81. The summed E-state index contributed by atoms with van der Waals surface area (Å²) in [5, 5.41) is 0. The van der Waals surface area contributed by atoms with Gasteiger partial charge in [0.25, 0.3) is 0 Å². The first-order valence-electron chi connectivity index (χ1n) is 9.04. The second kappa shape index (κ2) is 6.25. The first kappa shape index (κ1) is 15.2. The number of amides is 1. The lowest BCUT2D eigenvalue weighted by atomic mass is 9.98. The molecule has 4 heteroatoms. The highest BCUT2D eigenvalue weighted by Crippen LogP contribution is 2.38. The van der Waals surface area contributed by atoms with Crippen LogP contribution in [0.15, 0.2) is 30.3 Å². The van der Waals surface area contributed by atoms with Crippen LogP contribution in [0, 0.1) is 11.8 Å². The summed E-state index contributed by atoms with van der Waals surface area (Å²) in [7, 11) is 0. The maximum atomic E-state index is 13.0. The number of hydrogen-bond acceptors (Lipinski definition) is 3. The van der Waals surface area contributed by atoms with Crippen LogP contribution in [0.25, 0.3) is 0 Å². The van der Waals surface area contributed by atoms with E-state index in [1.807, 2.05) is 6.07 Å². The molecule has 3 fully saturated rings. The van der Waals surface area contributed by atoms with E-state index in [0.29, 0.717) is 23.8 Å². The molecule has 4 unspecified atom stereocenters. The summed E-state index contributed by atoms with van der Waals surface area (Å²) in [5.74, 6) is 1.54. The van der Waals surface area contributed by atoms with E-state index in [9.17, 15) is 4.79 Å². The van der Waals surface area contributed by atoms with E-state index in [0.717, 1.165) is 45.4 Å². The van der Waals surface area contributed by atoms with Crippen LogP contribution < -0.4 is 5.73 Å². The number of likely N-dealkylation sites (tertiary alicyclic amines) is 2. The number of carbonyl (C=O) groups is 1. The van der Waals surface area contributed by atoms with Crippen molar-refractivity contribution in [3.63, 3.8) is 0 Å². The molecule has 1 amide bonds. The Hall–Kier alpha value is -1.39. The third-order valence-corrected chi connectivity index (χ3v) is 6.10. The summed E-state index contributed by atoms with van der Waals surface area (Å²) in [4.78, 5) is 17.5. The Morgan fingerprint density at radius 2 is 1.96 bits per heavy atom. The van der Waals surface area contributed by atoms with Gasteiger partial charge in [0, 0.05) is 25.7 Å². The van der Waals surface area contributed by atoms with E-state index in [1.54, 1.807) is 0 Å². The largest absolute Gasteiger partial charge is 0.341 e. The molecule has 4 atom stereocenters. The molecule has 2 aliphatic heterocycles. The number of fused-ring (bicyclic) bond motifs is 1. The zero-order chi connectivity index (χ0) is 15.8. The number of nitrogens with two attached hydrogens (primary N) is 1. The molecule has 2 N–H and O–H groups in total. The van der Waals surface area contributed by atoms with Crippen LogP contribution in [0.4, 0.5) is 0 Å². The summed E-state index contributed by atoms with van der Waals surface area (Å²) in [6, 6.07) is 10.9. The topological polar surface area (TPSA) is 49.6 Å². The third-order valence-electron chi connectivity index (χ3n) is 6.10. The molecule has 2 heterocycles. The van der Waals surface area contributed by atoms with Gasteiger partial charge < -0.3 is 10.6 Å². The van der Waals surface area contributed by atoms with Gasteiger partial charge in [0.1, 0.15) is 0 Å². The minimum Gasteiger partial charge on any atom is -0.341 e. The average Bonchev–Trinajstić information content (AvgIpc) is 3.26. The molecule has 0 radical (unpaired) electrons. The lowest BCUT2D eigenvalue weighted by molar-refractivity contribution is -0.135. The Balaban J connectivity index is 1.41. The van der Waals surface area contributed by atoms with Gasteiger partial charge in [0.05, 0.1) is 6.04 Å². The van der Waals surface area contributed by atoms with Gasteiger partial charge in [-0.25, -0.2) is 0 Å². The number of rotatable bonds is 3. The average molecular weight is 313 g/mol. The highest BCUT2D eigenvalue weighted by molar-refractivity contribution is 5.82. The van der Waals surface area contributed by atoms with E-state index < -0.39 is 0 Å². The van der Waals surface area contributed by atoms with Crippen molar-refractivity contribution < 1.29 is 4.79 Å². The second-order valence-corrected chi connectivity index (χ2v) is 7.52. The summed E-state index contributed by atoms with van der Waals surface area (Å²) in [5.41, 5.74) is 7.52. The third kappa shape index (κ3) is 2.90. The van der Waals surface area contributed by atoms with E-state index in [1.165, 1.54) is 12.0 Å². The number of benzene rings is 1. The molecule has 1 aromatic carbocycles. The summed E-state index contributed by atoms with van der Waals surface area (Å²) in [6.07, 6.45) is 4.47.